The molecule has 0 saturated carbocycles. The minimum atomic E-state index is -0.507. The van der Waals surface area contributed by atoms with Crippen LogP contribution in [-0.4, -0.2) is 36.8 Å². The first kappa shape index (κ1) is 20.4. The molecule has 2 aromatic rings. The lowest BCUT2D eigenvalue weighted by Gasteiger charge is -2.29. The third kappa shape index (κ3) is 5.57. The molecule has 1 atom stereocenters. The normalized spacial score (nSPS) is 17.9. The van der Waals surface area contributed by atoms with Crippen LogP contribution in [0.4, 0.5) is 4.79 Å². The molecular weight excluding hydrogens is 352 g/mol. The fourth-order valence-corrected chi connectivity index (χ4v) is 3.32. The number of hydrogen-bond donors (Lipinski definition) is 1. The Balaban J connectivity index is 1.84. The Hall–Kier alpha value is -2.37. The number of rotatable bonds is 3. The van der Waals surface area contributed by atoms with Crippen molar-refractivity contribution in [3.63, 3.8) is 0 Å². The highest BCUT2D eigenvalue weighted by Gasteiger charge is 2.22. The minimum Gasteiger partial charge on any atom is -0.444 e. The van der Waals surface area contributed by atoms with Crippen LogP contribution in [0.25, 0.3) is 0 Å². The molecule has 0 aliphatic carbocycles. The van der Waals surface area contributed by atoms with E-state index in [9.17, 15) is 4.79 Å². The number of nitrogens with one attached hydrogen (secondary N) is 1. The van der Waals surface area contributed by atoms with Gasteiger partial charge in [-0.3, -0.25) is 4.90 Å². The van der Waals surface area contributed by atoms with Gasteiger partial charge in [0.05, 0.1) is 6.61 Å². The van der Waals surface area contributed by atoms with Crippen LogP contribution in [0.5, 0.6) is 0 Å². The second kappa shape index (κ2) is 8.76. The number of carbonyl (C=O) groups is 1. The van der Waals surface area contributed by atoms with E-state index in [0.717, 1.165) is 29.8 Å². The van der Waals surface area contributed by atoms with Crippen LogP contribution in [0.1, 0.15) is 49.1 Å². The van der Waals surface area contributed by atoms with Crippen molar-refractivity contribution >= 4 is 6.09 Å². The molecule has 28 heavy (non-hydrogen) atoms. The average molecular weight is 383 g/mol. The van der Waals surface area contributed by atoms with Crippen molar-refractivity contribution in [3.8, 4) is 0 Å². The molecule has 5 heteroatoms. The first-order chi connectivity index (χ1) is 13.3. The van der Waals surface area contributed by atoms with E-state index in [1.54, 1.807) is 0 Å². The first-order valence-corrected chi connectivity index (χ1v) is 9.75. The van der Waals surface area contributed by atoms with E-state index in [1.807, 2.05) is 39.0 Å². The molecular formula is C23H30N2O3. The molecule has 1 N–H and O–H groups in total. The van der Waals surface area contributed by atoms with E-state index >= 15 is 0 Å². The summed E-state index contributed by atoms with van der Waals surface area (Å²) in [6, 6.07) is 16.6. The number of benzene rings is 2. The molecule has 1 aliphatic rings. The molecule has 0 aromatic heterocycles. The number of carbonyl (C=O) groups excluding carboxylic acids is 1. The Morgan fingerprint density at radius 2 is 1.96 bits per heavy atom. The van der Waals surface area contributed by atoms with Gasteiger partial charge in [0.15, 0.2) is 0 Å². The van der Waals surface area contributed by atoms with E-state index in [4.69, 9.17) is 9.47 Å². The van der Waals surface area contributed by atoms with Crippen molar-refractivity contribution in [1.82, 2.24) is 10.2 Å². The molecule has 0 radical (unpaired) electrons. The van der Waals surface area contributed by atoms with E-state index in [0.29, 0.717) is 13.2 Å². The first-order valence-electron chi connectivity index (χ1n) is 9.75. The molecule has 5 nitrogen and oxygen atoms in total. The maximum absolute atomic E-state index is 12.0. The Kier molecular flexibility index (Phi) is 6.37. The molecule has 1 unspecified atom stereocenters. The Morgan fingerprint density at radius 1 is 1.21 bits per heavy atom. The SMILES string of the molecule is CN1CCOC(c2ccccc2)c2cc(CNC(=O)OC(C)(C)C)ccc2C1. The van der Waals surface area contributed by atoms with Crippen molar-refractivity contribution in [3.05, 3.63) is 70.8 Å². The van der Waals surface area contributed by atoms with Crippen LogP contribution in [0.2, 0.25) is 0 Å². The molecule has 1 aliphatic heterocycles. The summed E-state index contributed by atoms with van der Waals surface area (Å²) >= 11 is 0. The lowest BCUT2D eigenvalue weighted by Crippen LogP contribution is -2.32. The fourth-order valence-electron chi connectivity index (χ4n) is 3.32. The molecule has 150 valence electrons. The number of fused-ring (bicyclic) bond motifs is 1. The maximum Gasteiger partial charge on any atom is 0.407 e. The monoisotopic (exact) mass is 382 g/mol. The number of nitrogens with zero attached hydrogens (tertiary/aromatic N) is 1. The second-order valence-corrected chi connectivity index (χ2v) is 8.29. The van der Waals surface area contributed by atoms with Crippen LogP contribution >= 0.6 is 0 Å². The molecule has 2 aromatic carbocycles. The molecule has 0 spiro atoms. The predicted molar refractivity (Wildman–Crippen MR) is 110 cm³/mol. The van der Waals surface area contributed by atoms with Gasteiger partial charge in [-0.25, -0.2) is 4.79 Å². The number of ether oxygens (including phenoxy) is 2. The van der Waals surface area contributed by atoms with Gasteiger partial charge in [0.2, 0.25) is 0 Å². The zero-order valence-corrected chi connectivity index (χ0v) is 17.2. The van der Waals surface area contributed by atoms with Crippen LogP contribution in [0.3, 0.4) is 0 Å². The van der Waals surface area contributed by atoms with Gasteiger partial charge in [0.1, 0.15) is 11.7 Å². The summed E-state index contributed by atoms with van der Waals surface area (Å²) in [4.78, 5) is 14.2. The molecule has 3 rings (SSSR count). The summed E-state index contributed by atoms with van der Waals surface area (Å²) in [7, 11) is 2.11. The molecule has 0 saturated heterocycles. The van der Waals surface area contributed by atoms with Gasteiger partial charge >= 0.3 is 6.09 Å². The standard InChI is InChI=1S/C23H30N2O3/c1-23(2,3)28-22(26)24-15-17-10-11-19-16-25(4)12-13-27-21(20(19)14-17)18-8-6-5-7-9-18/h5-11,14,21H,12-13,15-16H2,1-4H3,(H,24,26). The predicted octanol–water partition coefficient (Wildman–Crippen LogP) is 4.26. The summed E-state index contributed by atoms with van der Waals surface area (Å²) in [5, 5.41) is 2.84. The lowest BCUT2D eigenvalue weighted by molar-refractivity contribution is 0.0523. The van der Waals surface area contributed by atoms with Crippen molar-refractivity contribution in [2.24, 2.45) is 0 Å². The molecule has 0 fully saturated rings. The van der Waals surface area contributed by atoms with Gasteiger partial charge < -0.3 is 14.8 Å². The third-order valence-corrected chi connectivity index (χ3v) is 4.63. The Bertz CT molecular complexity index is 799. The van der Waals surface area contributed by atoms with Crippen molar-refractivity contribution < 1.29 is 14.3 Å². The highest BCUT2D eigenvalue weighted by molar-refractivity contribution is 5.67. The largest absolute Gasteiger partial charge is 0.444 e. The highest BCUT2D eigenvalue weighted by Crippen LogP contribution is 2.31. The number of amides is 1. The van der Waals surface area contributed by atoms with Gasteiger partial charge in [0, 0.05) is 19.6 Å². The smallest absolute Gasteiger partial charge is 0.407 e. The quantitative estimate of drug-likeness (QED) is 0.862. The van der Waals surface area contributed by atoms with Gasteiger partial charge in [-0.1, -0.05) is 48.5 Å². The van der Waals surface area contributed by atoms with Gasteiger partial charge in [0.25, 0.3) is 0 Å². The van der Waals surface area contributed by atoms with Crippen molar-refractivity contribution in [1.29, 1.82) is 0 Å². The molecule has 0 bridgehead atoms. The van der Waals surface area contributed by atoms with Gasteiger partial charge in [-0.2, -0.15) is 0 Å². The van der Waals surface area contributed by atoms with Gasteiger partial charge in [-0.15, -0.1) is 0 Å². The third-order valence-electron chi connectivity index (χ3n) is 4.63. The Labute approximate surface area is 167 Å². The Morgan fingerprint density at radius 3 is 2.68 bits per heavy atom. The minimum absolute atomic E-state index is 0.105. The lowest BCUT2D eigenvalue weighted by atomic mass is 9.94. The number of alkyl carbamates (subject to hydrolysis) is 1. The van der Waals surface area contributed by atoms with E-state index in [2.05, 4.69) is 47.6 Å². The van der Waals surface area contributed by atoms with Crippen molar-refractivity contribution in [2.45, 2.75) is 45.6 Å². The number of likely N-dealkylation sites (N-methyl/N-ethyl adjacent to an activating group) is 1. The summed E-state index contributed by atoms with van der Waals surface area (Å²) < 4.78 is 11.6. The van der Waals surface area contributed by atoms with E-state index in [-0.39, 0.29) is 6.10 Å². The van der Waals surface area contributed by atoms with Gasteiger partial charge in [-0.05, 0) is 50.1 Å². The van der Waals surface area contributed by atoms with E-state index < -0.39 is 11.7 Å². The summed E-state index contributed by atoms with van der Waals surface area (Å²) in [5.74, 6) is 0. The van der Waals surface area contributed by atoms with E-state index in [1.165, 1.54) is 5.56 Å². The fraction of sp³-hybridized carbons (Fsp3) is 0.435. The maximum atomic E-state index is 12.0. The zero-order valence-electron chi connectivity index (χ0n) is 17.2. The van der Waals surface area contributed by atoms with Crippen LogP contribution in [0, 0.1) is 0 Å². The average Bonchev–Trinajstić information content (AvgIpc) is 2.62. The molecule has 1 heterocycles. The highest BCUT2D eigenvalue weighted by atomic mass is 16.6. The molecule has 1 amide bonds. The van der Waals surface area contributed by atoms with Crippen LogP contribution in [-0.2, 0) is 22.6 Å². The topological polar surface area (TPSA) is 50.8 Å². The summed E-state index contributed by atoms with van der Waals surface area (Å²) in [6.45, 7) is 8.44. The summed E-state index contributed by atoms with van der Waals surface area (Å²) in [5.41, 5.74) is 4.06. The second-order valence-electron chi connectivity index (χ2n) is 8.29. The number of hydrogen-bond acceptors (Lipinski definition) is 4. The van der Waals surface area contributed by atoms with Crippen LogP contribution in [0.15, 0.2) is 48.5 Å². The zero-order chi connectivity index (χ0) is 20.1. The van der Waals surface area contributed by atoms with Crippen molar-refractivity contribution in [2.75, 3.05) is 20.2 Å². The van der Waals surface area contributed by atoms with Crippen LogP contribution < -0.4 is 5.32 Å². The summed E-state index contributed by atoms with van der Waals surface area (Å²) in [6.07, 6.45) is -0.513.